The maximum Gasteiger partial charge on any atom is 0.329 e. The first-order valence-electron chi connectivity index (χ1n) is 8.54. The summed E-state index contributed by atoms with van der Waals surface area (Å²) in [4.78, 5) is 26.2. The fourth-order valence-electron chi connectivity index (χ4n) is 3.57. The van der Waals surface area contributed by atoms with Crippen LogP contribution < -0.4 is 4.74 Å². The summed E-state index contributed by atoms with van der Waals surface area (Å²) in [5, 5.41) is 9.73. The van der Waals surface area contributed by atoms with Crippen LogP contribution in [0.1, 0.15) is 44.6 Å². The first-order valence-corrected chi connectivity index (χ1v) is 8.54. The van der Waals surface area contributed by atoms with Gasteiger partial charge in [-0.15, -0.1) is 0 Å². The van der Waals surface area contributed by atoms with E-state index in [1.807, 2.05) is 31.2 Å². The van der Waals surface area contributed by atoms with Gasteiger partial charge >= 0.3 is 5.97 Å². The van der Waals surface area contributed by atoms with Crippen LogP contribution >= 0.6 is 0 Å². The van der Waals surface area contributed by atoms with Gasteiger partial charge in [-0.05, 0) is 37.0 Å². The number of hydrogen-bond donors (Lipinski definition) is 1. The SMILES string of the molecule is COc1ccc(CC(C)C(=O)N(C)C2(C(=O)O)CCCCC2)cc1. The summed E-state index contributed by atoms with van der Waals surface area (Å²) in [6.07, 6.45) is 4.43. The van der Waals surface area contributed by atoms with Gasteiger partial charge in [0.2, 0.25) is 5.91 Å². The summed E-state index contributed by atoms with van der Waals surface area (Å²) in [6.45, 7) is 1.86. The van der Waals surface area contributed by atoms with Crippen molar-refractivity contribution in [3.8, 4) is 5.75 Å². The number of likely N-dealkylation sites (N-methyl/N-ethyl adjacent to an activating group) is 1. The van der Waals surface area contributed by atoms with Gasteiger partial charge in [-0.3, -0.25) is 4.79 Å². The van der Waals surface area contributed by atoms with E-state index in [0.29, 0.717) is 19.3 Å². The molecule has 1 aromatic rings. The maximum absolute atomic E-state index is 12.8. The Hall–Kier alpha value is -2.04. The average Bonchev–Trinajstić information content (AvgIpc) is 2.61. The van der Waals surface area contributed by atoms with Crippen LogP contribution in [0, 0.1) is 5.92 Å². The zero-order valence-electron chi connectivity index (χ0n) is 14.7. The molecule has 2 rings (SSSR count). The molecule has 0 heterocycles. The van der Waals surface area contributed by atoms with Crippen molar-refractivity contribution in [3.63, 3.8) is 0 Å². The number of carbonyl (C=O) groups is 2. The lowest BCUT2D eigenvalue weighted by atomic mass is 9.80. The number of amides is 1. The van der Waals surface area contributed by atoms with E-state index < -0.39 is 11.5 Å². The van der Waals surface area contributed by atoms with Gasteiger partial charge in [0.25, 0.3) is 0 Å². The van der Waals surface area contributed by atoms with Crippen LogP contribution in [-0.2, 0) is 16.0 Å². The Balaban J connectivity index is 2.08. The predicted octanol–water partition coefficient (Wildman–Crippen LogP) is 3.12. The van der Waals surface area contributed by atoms with Crippen molar-refractivity contribution in [3.05, 3.63) is 29.8 Å². The number of aliphatic carboxylic acids is 1. The minimum atomic E-state index is -1.04. The van der Waals surface area contributed by atoms with Crippen LogP contribution in [0.2, 0.25) is 0 Å². The third kappa shape index (κ3) is 3.71. The zero-order chi connectivity index (χ0) is 17.7. The van der Waals surface area contributed by atoms with Crippen LogP contribution in [0.15, 0.2) is 24.3 Å². The molecule has 0 radical (unpaired) electrons. The molecular formula is C19H27NO4. The number of carbonyl (C=O) groups excluding carboxylic acids is 1. The normalized spacial score (nSPS) is 17.8. The van der Waals surface area contributed by atoms with E-state index in [0.717, 1.165) is 30.6 Å². The molecule has 0 spiro atoms. The number of methoxy groups -OCH3 is 1. The van der Waals surface area contributed by atoms with Crippen LogP contribution in [0.4, 0.5) is 0 Å². The Morgan fingerprint density at radius 3 is 2.29 bits per heavy atom. The van der Waals surface area contributed by atoms with E-state index in [9.17, 15) is 14.7 Å². The Morgan fingerprint density at radius 2 is 1.79 bits per heavy atom. The van der Waals surface area contributed by atoms with Crippen molar-refractivity contribution >= 4 is 11.9 Å². The number of benzene rings is 1. The molecule has 0 saturated heterocycles. The van der Waals surface area contributed by atoms with Gasteiger partial charge in [0.15, 0.2) is 0 Å². The highest BCUT2D eigenvalue weighted by Gasteiger charge is 2.46. The molecule has 1 fully saturated rings. The number of nitrogens with zero attached hydrogens (tertiary/aromatic N) is 1. The minimum absolute atomic E-state index is 0.102. The van der Waals surface area contributed by atoms with Crippen LogP contribution in [-0.4, -0.2) is 41.6 Å². The predicted molar refractivity (Wildman–Crippen MR) is 92.1 cm³/mol. The molecule has 0 aliphatic heterocycles. The van der Waals surface area contributed by atoms with Crippen molar-refractivity contribution in [1.29, 1.82) is 0 Å². The maximum atomic E-state index is 12.8. The largest absolute Gasteiger partial charge is 0.497 e. The molecule has 1 N–H and O–H groups in total. The van der Waals surface area contributed by atoms with E-state index in [4.69, 9.17) is 4.74 Å². The number of carboxylic acids is 1. The second kappa shape index (κ2) is 7.69. The van der Waals surface area contributed by atoms with Crippen LogP contribution in [0.5, 0.6) is 5.75 Å². The summed E-state index contributed by atoms with van der Waals surface area (Å²) < 4.78 is 5.14. The second-order valence-corrected chi connectivity index (χ2v) is 6.75. The number of carboxylic acid groups (broad SMARTS) is 1. The standard InChI is InChI=1S/C19H27NO4/c1-14(13-15-7-9-16(24-3)10-8-15)17(21)20(2)19(18(22)23)11-5-4-6-12-19/h7-10,14H,4-6,11-13H2,1-3H3,(H,22,23). The monoisotopic (exact) mass is 333 g/mol. The third-order valence-corrected chi connectivity index (χ3v) is 5.17. The fourth-order valence-corrected chi connectivity index (χ4v) is 3.57. The third-order valence-electron chi connectivity index (χ3n) is 5.17. The molecule has 1 amide bonds. The van der Waals surface area contributed by atoms with Crippen molar-refractivity contribution < 1.29 is 19.4 Å². The number of ether oxygens (including phenoxy) is 1. The molecule has 1 aliphatic rings. The van der Waals surface area contributed by atoms with Crippen molar-refractivity contribution in [2.24, 2.45) is 5.92 Å². The van der Waals surface area contributed by atoms with Crippen molar-refractivity contribution in [1.82, 2.24) is 4.90 Å². The Morgan fingerprint density at radius 1 is 1.21 bits per heavy atom. The Bertz CT molecular complexity index is 576. The fraction of sp³-hybridized carbons (Fsp3) is 0.579. The summed E-state index contributed by atoms with van der Waals surface area (Å²) in [7, 11) is 3.26. The molecule has 1 aromatic carbocycles. The molecule has 0 bridgehead atoms. The van der Waals surface area contributed by atoms with E-state index >= 15 is 0 Å². The van der Waals surface area contributed by atoms with Gasteiger partial charge in [0.05, 0.1) is 7.11 Å². The van der Waals surface area contributed by atoms with E-state index in [2.05, 4.69) is 0 Å². The lowest BCUT2D eigenvalue weighted by Crippen LogP contribution is -2.57. The molecule has 0 aromatic heterocycles. The van der Waals surface area contributed by atoms with Crippen LogP contribution in [0.3, 0.4) is 0 Å². The highest BCUT2D eigenvalue weighted by Crippen LogP contribution is 2.34. The van der Waals surface area contributed by atoms with E-state index in [1.165, 1.54) is 4.90 Å². The second-order valence-electron chi connectivity index (χ2n) is 6.75. The summed E-state index contributed by atoms with van der Waals surface area (Å²) in [5.74, 6) is -0.465. The van der Waals surface area contributed by atoms with Gasteiger partial charge < -0.3 is 14.7 Å². The van der Waals surface area contributed by atoms with E-state index in [1.54, 1.807) is 14.2 Å². The van der Waals surface area contributed by atoms with Gasteiger partial charge in [0, 0.05) is 13.0 Å². The van der Waals surface area contributed by atoms with Gasteiger partial charge in [-0.1, -0.05) is 38.3 Å². The Kier molecular flexibility index (Phi) is 5.86. The minimum Gasteiger partial charge on any atom is -0.497 e. The lowest BCUT2D eigenvalue weighted by molar-refractivity contribution is -0.161. The van der Waals surface area contributed by atoms with Crippen molar-refractivity contribution in [2.45, 2.75) is 51.0 Å². The van der Waals surface area contributed by atoms with Gasteiger partial charge in [-0.25, -0.2) is 4.79 Å². The first-order chi connectivity index (χ1) is 11.4. The smallest absolute Gasteiger partial charge is 0.329 e. The average molecular weight is 333 g/mol. The lowest BCUT2D eigenvalue weighted by Gasteiger charge is -2.42. The highest BCUT2D eigenvalue weighted by molar-refractivity contribution is 5.88. The van der Waals surface area contributed by atoms with Gasteiger partial charge in [0.1, 0.15) is 11.3 Å². The molecule has 1 unspecified atom stereocenters. The molecule has 5 heteroatoms. The summed E-state index contributed by atoms with van der Waals surface area (Å²) in [5.41, 5.74) is 0.00169. The molecule has 24 heavy (non-hydrogen) atoms. The first kappa shape index (κ1) is 18.3. The van der Waals surface area contributed by atoms with Crippen LogP contribution in [0.25, 0.3) is 0 Å². The topological polar surface area (TPSA) is 66.8 Å². The summed E-state index contributed by atoms with van der Waals surface area (Å²) >= 11 is 0. The molecular weight excluding hydrogens is 306 g/mol. The highest BCUT2D eigenvalue weighted by atomic mass is 16.5. The molecule has 1 aliphatic carbocycles. The quantitative estimate of drug-likeness (QED) is 0.868. The summed E-state index contributed by atoms with van der Waals surface area (Å²) in [6, 6.07) is 7.62. The molecule has 1 atom stereocenters. The molecule has 5 nitrogen and oxygen atoms in total. The zero-order valence-corrected chi connectivity index (χ0v) is 14.7. The van der Waals surface area contributed by atoms with Gasteiger partial charge in [-0.2, -0.15) is 0 Å². The number of hydrogen-bond acceptors (Lipinski definition) is 3. The number of rotatable bonds is 6. The molecule has 1 saturated carbocycles. The Labute approximate surface area is 143 Å². The van der Waals surface area contributed by atoms with E-state index in [-0.39, 0.29) is 11.8 Å². The molecule has 132 valence electrons. The van der Waals surface area contributed by atoms with Crippen molar-refractivity contribution in [2.75, 3.05) is 14.2 Å².